The summed E-state index contributed by atoms with van der Waals surface area (Å²) in [7, 11) is 0. The molecule has 2 fully saturated rings. The number of carbonyl (C=O) groups excluding carboxylic acids is 1. The van der Waals surface area contributed by atoms with E-state index in [2.05, 4.69) is 25.6 Å². The average Bonchev–Trinajstić information content (AvgIpc) is 3.20. The van der Waals surface area contributed by atoms with Crippen LogP contribution in [-0.4, -0.2) is 50.9 Å². The maximum atomic E-state index is 14.6. The molecule has 2 aliphatic rings. The van der Waals surface area contributed by atoms with Gasteiger partial charge in [0.15, 0.2) is 17.3 Å². The Hall–Kier alpha value is -3.12. The summed E-state index contributed by atoms with van der Waals surface area (Å²) in [6.07, 6.45) is 2.89. The molecule has 0 unspecified atom stereocenters. The molecule has 198 valence electrons. The lowest BCUT2D eigenvalue weighted by Gasteiger charge is -2.35. The first kappa shape index (κ1) is 25.5. The number of primary amides is 1. The molecule has 2 atom stereocenters. The van der Waals surface area contributed by atoms with Crippen molar-refractivity contribution >= 4 is 46.3 Å². The van der Waals surface area contributed by atoms with Gasteiger partial charge in [-0.2, -0.15) is 4.98 Å². The van der Waals surface area contributed by atoms with Crippen LogP contribution >= 0.6 is 11.6 Å². The van der Waals surface area contributed by atoms with Crippen LogP contribution in [0.4, 0.5) is 30.8 Å². The SMILES string of the molecule is CC1(C(N)=O)CCC(n2c(Nc3c(F)cc(Cl)cc3F)nc3cnc(N[C@H]4CCOC[C@H]4F)nc32)CC1. The largest absolute Gasteiger partial charge is 0.378 e. The Morgan fingerprint density at radius 1 is 1.22 bits per heavy atom. The van der Waals surface area contributed by atoms with Crippen molar-refractivity contribution in [3.05, 3.63) is 35.0 Å². The second-order valence-electron chi connectivity index (χ2n) is 9.86. The molecule has 1 aromatic carbocycles. The van der Waals surface area contributed by atoms with E-state index in [0.29, 0.717) is 49.9 Å². The predicted octanol–water partition coefficient (Wildman–Crippen LogP) is 4.65. The van der Waals surface area contributed by atoms with Crippen LogP contribution in [0.3, 0.4) is 0 Å². The number of nitrogens with two attached hydrogens (primary N) is 1. The fourth-order valence-electron chi connectivity index (χ4n) is 4.94. The number of imidazole rings is 1. The summed E-state index contributed by atoms with van der Waals surface area (Å²) in [5.74, 6) is -1.76. The average molecular weight is 538 g/mol. The van der Waals surface area contributed by atoms with Crippen LogP contribution in [0.25, 0.3) is 11.2 Å². The molecule has 13 heteroatoms. The number of ether oxygens (including phenoxy) is 1. The number of nitrogens with zero attached hydrogens (tertiary/aromatic N) is 4. The van der Waals surface area contributed by atoms with E-state index >= 15 is 0 Å². The minimum atomic E-state index is -1.21. The van der Waals surface area contributed by atoms with Crippen LogP contribution in [0.15, 0.2) is 18.3 Å². The smallest absolute Gasteiger partial charge is 0.225 e. The van der Waals surface area contributed by atoms with Gasteiger partial charge in [-0.05, 0) is 44.2 Å². The highest BCUT2D eigenvalue weighted by atomic mass is 35.5. The van der Waals surface area contributed by atoms with Gasteiger partial charge < -0.3 is 21.1 Å². The van der Waals surface area contributed by atoms with Crippen molar-refractivity contribution < 1.29 is 22.7 Å². The van der Waals surface area contributed by atoms with Crippen molar-refractivity contribution in [3.8, 4) is 0 Å². The highest BCUT2D eigenvalue weighted by molar-refractivity contribution is 6.30. The Morgan fingerprint density at radius 2 is 1.92 bits per heavy atom. The van der Waals surface area contributed by atoms with Crippen molar-refractivity contribution in [1.29, 1.82) is 0 Å². The highest BCUT2D eigenvalue weighted by Crippen LogP contribution is 2.43. The third-order valence-corrected chi connectivity index (χ3v) is 7.51. The van der Waals surface area contributed by atoms with E-state index in [1.54, 1.807) is 4.57 Å². The Labute approximate surface area is 215 Å². The monoisotopic (exact) mass is 537 g/mol. The molecule has 1 aliphatic carbocycles. The van der Waals surface area contributed by atoms with Gasteiger partial charge in [-0.3, -0.25) is 9.36 Å². The number of alkyl halides is 1. The minimum Gasteiger partial charge on any atom is -0.378 e. The van der Waals surface area contributed by atoms with Crippen LogP contribution in [0.1, 0.15) is 45.1 Å². The van der Waals surface area contributed by atoms with Gasteiger partial charge in [-0.25, -0.2) is 23.1 Å². The zero-order chi connectivity index (χ0) is 26.3. The molecule has 4 N–H and O–H groups in total. The van der Waals surface area contributed by atoms with Gasteiger partial charge >= 0.3 is 0 Å². The fraction of sp³-hybridized carbons (Fsp3) is 0.500. The number of halogens is 4. The molecule has 3 aromatic rings. The maximum absolute atomic E-state index is 14.6. The van der Waals surface area contributed by atoms with Gasteiger partial charge in [-0.15, -0.1) is 0 Å². The zero-order valence-corrected chi connectivity index (χ0v) is 20.9. The lowest BCUT2D eigenvalue weighted by Crippen LogP contribution is -2.39. The van der Waals surface area contributed by atoms with E-state index in [1.165, 1.54) is 6.20 Å². The number of carbonyl (C=O) groups is 1. The number of benzene rings is 1. The summed E-state index contributed by atoms with van der Waals surface area (Å²) in [4.78, 5) is 25.4. The van der Waals surface area contributed by atoms with Gasteiger partial charge in [0.2, 0.25) is 17.8 Å². The number of rotatable bonds is 6. The first-order chi connectivity index (χ1) is 17.6. The van der Waals surface area contributed by atoms with Crippen molar-refractivity contribution in [1.82, 2.24) is 19.5 Å². The Kier molecular flexibility index (Phi) is 6.88. The molecule has 0 spiro atoms. The van der Waals surface area contributed by atoms with Crippen LogP contribution in [0, 0.1) is 17.0 Å². The Balaban J connectivity index is 1.54. The molecule has 1 aliphatic heterocycles. The van der Waals surface area contributed by atoms with Gasteiger partial charge in [0.05, 0.1) is 18.8 Å². The molecule has 5 rings (SSSR count). The molecule has 0 radical (unpaired) electrons. The topological polar surface area (TPSA) is 120 Å². The zero-order valence-electron chi connectivity index (χ0n) is 20.1. The number of hydrogen-bond donors (Lipinski definition) is 3. The quantitative estimate of drug-likeness (QED) is 0.419. The molecule has 3 heterocycles. The number of hydrogen-bond acceptors (Lipinski definition) is 7. The number of nitrogens with one attached hydrogen (secondary N) is 2. The summed E-state index contributed by atoms with van der Waals surface area (Å²) < 4.78 is 50.5. The molecular weight excluding hydrogens is 511 g/mol. The van der Waals surface area contributed by atoms with Crippen molar-refractivity contribution in [2.75, 3.05) is 23.8 Å². The van der Waals surface area contributed by atoms with Crippen LogP contribution < -0.4 is 16.4 Å². The van der Waals surface area contributed by atoms with Crippen molar-refractivity contribution in [2.45, 2.75) is 57.3 Å². The highest BCUT2D eigenvalue weighted by Gasteiger charge is 2.38. The standard InChI is InChI=1S/C24H27ClF3N7O2/c1-24(21(29)36)5-2-13(3-6-24)35-20-18(10-30-22(34-20)31-17-4-7-37-11-16(17)28)32-23(35)33-19-14(26)8-12(25)9-15(19)27/h8-10,13,16-17H,2-7,11H2,1H3,(H2,29,36)(H,32,33)(H,30,31,34)/t13?,16-,17+,24?/m1/s1. The summed E-state index contributed by atoms with van der Waals surface area (Å²) >= 11 is 5.78. The number of aromatic nitrogens is 4. The second kappa shape index (κ2) is 9.97. The van der Waals surface area contributed by atoms with Crippen molar-refractivity contribution in [3.63, 3.8) is 0 Å². The summed E-state index contributed by atoms with van der Waals surface area (Å²) in [5, 5.41) is 5.72. The predicted molar refractivity (Wildman–Crippen MR) is 133 cm³/mol. The number of fused-ring (bicyclic) bond motifs is 1. The van der Waals surface area contributed by atoms with E-state index in [-0.39, 0.29) is 35.5 Å². The summed E-state index contributed by atoms with van der Waals surface area (Å²) in [5.41, 5.74) is 5.36. The van der Waals surface area contributed by atoms with Gasteiger partial charge in [-0.1, -0.05) is 18.5 Å². The Bertz CT molecular complexity index is 1310. The first-order valence-corrected chi connectivity index (χ1v) is 12.5. The van der Waals surface area contributed by atoms with E-state index in [4.69, 9.17) is 22.1 Å². The van der Waals surface area contributed by atoms with Crippen LogP contribution in [0.5, 0.6) is 0 Å². The third-order valence-electron chi connectivity index (χ3n) is 7.30. The maximum Gasteiger partial charge on any atom is 0.225 e. The molecule has 9 nitrogen and oxygen atoms in total. The van der Waals surface area contributed by atoms with Crippen LogP contribution in [-0.2, 0) is 9.53 Å². The minimum absolute atomic E-state index is 0.00909. The van der Waals surface area contributed by atoms with E-state index in [0.717, 1.165) is 12.1 Å². The summed E-state index contributed by atoms with van der Waals surface area (Å²) in [6.45, 7) is 2.25. The molecule has 1 saturated carbocycles. The number of anilines is 3. The van der Waals surface area contributed by atoms with Gasteiger partial charge in [0, 0.05) is 23.1 Å². The Morgan fingerprint density at radius 3 is 2.57 bits per heavy atom. The first-order valence-electron chi connectivity index (χ1n) is 12.1. The van der Waals surface area contributed by atoms with E-state index in [9.17, 15) is 18.0 Å². The fourth-order valence-corrected chi connectivity index (χ4v) is 5.14. The molecule has 2 aromatic heterocycles. The van der Waals surface area contributed by atoms with E-state index < -0.39 is 35.0 Å². The van der Waals surface area contributed by atoms with Gasteiger partial charge in [0.1, 0.15) is 17.4 Å². The lowest BCUT2D eigenvalue weighted by molar-refractivity contribution is -0.128. The normalized spacial score (nSPS) is 26.2. The number of amides is 1. The van der Waals surface area contributed by atoms with Crippen LogP contribution in [0.2, 0.25) is 5.02 Å². The molecule has 0 bridgehead atoms. The second-order valence-corrected chi connectivity index (χ2v) is 10.3. The van der Waals surface area contributed by atoms with E-state index in [1.807, 2.05) is 6.92 Å². The molecule has 1 amide bonds. The molecular formula is C24H27ClF3N7O2. The summed E-state index contributed by atoms with van der Waals surface area (Å²) in [6, 6.07) is 1.30. The third kappa shape index (κ3) is 5.04. The van der Waals surface area contributed by atoms with Gasteiger partial charge in [0.25, 0.3) is 0 Å². The molecule has 37 heavy (non-hydrogen) atoms. The lowest BCUT2D eigenvalue weighted by atomic mass is 9.73. The van der Waals surface area contributed by atoms with Crippen molar-refractivity contribution in [2.24, 2.45) is 11.1 Å². The molecule has 1 saturated heterocycles.